The van der Waals surface area contributed by atoms with Crippen molar-refractivity contribution >= 4 is 29.9 Å². The molecule has 0 bridgehead atoms. The molecule has 0 saturated carbocycles. The Balaban J connectivity index is 0.00000288. The summed E-state index contributed by atoms with van der Waals surface area (Å²) in [6, 6.07) is 6.92. The summed E-state index contributed by atoms with van der Waals surface area (Å²) < 4.78 is 19.8. The highest BCUT2D eigenvalue weighted by atomic mass is 127. The van der Waals surface area contributed by atoms with E-state index in [0.29, 0.717) is 24.6 Å². The maximum absolute atomic E-state index is 14.0. The van der Waals surface area contributed by atoms with E-state index in [-0.39, 0.29) is 40.8 Å². The van der Waals surface area contributed by atoms with Crippen molar-refractivity contribution < 1.29 is 9.13 Å². The Labute approximate surface area is 161 Å². The van der Waals surface area contributed by atoms with Gasteiger partial charge in [0.05, 0.1) is 5.60 Å². The molecule has 136 valence electrons. The van der Waals surface area contributed by atoms with Gasteiger partial charge in [-0.15, -0.1) is 24.0 Å². The van der Waals surface area contributed by atoms with E-state index in [1.807, 2.05) is 26.0 Å². The topological polar surface area (TPSA) is 45.7 Å². The number of hydrogen-bond donors (Lipinski definition) is 2. The maximum Gasteiger partial charge on any atom is 0.191 e. The Hall–Kier alpha value is -0.890. The molecule has 1 heterocycles. The number of nitrogens with one attached hydrogen (secondary N) is 2. The number of halogens is 2. The summed E-state index contributed by atoms with van der Waals surface area (Å²) in [7, 11) is 1.74. The van der Waals surface area contributed by atoms with Gasteiger partial charge in [-0.25, -0.2) is 4.39 Å². The number of nitrogens with zero attached hydrogens (tertiary/aromatic N) is 1. The van der Waals surface area contributed by atoms with Gasteiger partial charge >= 0.3 is 0 Å². The minimum absolute atomic E-state index is 0. The second-order valence-corrected chi connectivity index (χ2v) is 7.04. The third-order valence-electron chi connectivity index (χ3n) is 4.45. The van der Waals surface area contributed by atoms with Crippen LogP contribution in [0.1, 0.15) is 39.2 Å². The zero-order chi connectivity index (χ0) is 16.9. The first kappa shape index (κ1) is 21.2. The molecular formula is C18H29FIN3O. The van der Waals surface area contributed by atoms with E-state index in [0.717, 1.165) is 19.4 Å². The number of benzene rings is 1. The van der Waals surface area contributed by atoms with Crippen LogP contribution in [0.4, 0.5) is 4.39 Å². The van der Waals surface area contributed by atoms with Gasteiger partial charge in [-0.1, -0.05) is 32.0 Å². The standard InChI is InChI=1S/C18H28FN3O.HI/c1-17(2,14-8-5-6-9-15(14)19)12-21-16(20-4)22-13-18(3)10-7-11-23-18;/h5-6,8-9H,7,10-13H2,1-4H3,(H2,20,21,22);1H. The van der Waals surface area contributed by atoms with E-state index in [9.17, 15) is 4.39 Å². The second-order valence-electron chi connectivity index (χ2n) is 7.04. The van der Waals surface area contributed by atoms with Crippen LogP contribution >= 0.6 is 24.0 Å². The zero-order valence-electron chi connectivity index (χ0n) is 15.0. The smallest absolute Gasteiger partial charge is 0.191 e. The highest BCUT2D eigenvalue weighted by molar-refractivity contribution is 14.0. The normalized spacial score (nSPS) is 21.3. The summed E-state index contributed by atoms with van der Waals surface area (Å²) >= 11 is 0. The van der Waals surface area contributed by atoms with Crippen molar-refractivity contribution in [1.29, 1.82) is 0 Å². The first-order valence-electron chi connectivity index (χ1n) is 8.20. The molecule has 2 N–H and O–H groups in total. The Morgan fingerprint density at radius 3 is 2.62 bits per heavy atom. The zero-order valence-corrected chi connectivity index (χ0v) is 17.3. The SMILES string of the molecule is CN=C(NCC1(C)CCCO1)NCC(C)(C)c1ccccc1F.I. The van der Waals surface area contributed by atoms with Crippen LogP contribution in [0.25, 0.3) is 0 Å². The van der Waals surface area contributed by atoms with Gasteiger partial charge in [0.1, 0.15) is 5.82 Å². The van der Waals surface area contributed by atoms with Gasteiger partial charge in [0.2, 0.25) is 0 Å². The molecule has 1 fully saturated rings. The summed E-state index contributed by atoms with van der Waals surface area (Å²) in [6.45, 7) is 8.28. The molecule has 1 aliphatic rings. The summed E-state index contributed by atoms with van der Waals surface area (Å²) in [4.78, 5) is 4.24. The molecule has 0 amide bonds. The molecule has 0 aliphatic carbocycles. The Kier molecular flexibility index (Phi) is 7.92. The average molecular weight is 449 g/mol. The van der Waals surface area contributed by atoms with Crippen molar-refractivity contribution in [2.24, 2.45) is 4.99 Å². The Morgan fingerprint density at radius 2 is 2.04 bits per heavy atom. The molecule has 1 atom stereocenters. The Morgan fingerprint density at radius 1 is 1.33 bits per heavy atom. The molecule has 2 rings (SSSR count). The number of aliphatic imine (C=N–C) groups is 1. The number of guanidine groups is 1. The monoisotopic (exact) mass is 449 g/mol. The van der Waals surface area contributed by atoms with E-state index in [4.69, 9.17) is 4.74 Å². The lowest BCUT2D eigenvalue weighted by Gasteiger charge is -2.28. The third kappa shape index (κ3) is 5.58. The summed E-state index contributed by atoms with van der Waals surface area (Å²) in [5, 5.41) is 6.60. The predicted molar refractivity (Wildman–Crippen MR) is 108 cm³/mol. The fourth-order valence-electron chi connectivity index (χ4n) is 2.88. The van der Waals surface area contributed by atoms with Gasteiger partial charge in [0.25, 0.3) is 0 Å². The molecule has 24 heavy (non-hydrogen) atoms. The highest BCUT2D eigenvalue weighted by Crippen LogP contribution is 2.25. The van der Waals surface area contributed by atoms with Crippen LogP contribution in [0.3, 0.4) is 0 Å². The molecule has 1 saturated heterocycles. The van der Waals surface area contributed by atoms with Crippen molar-refractivity contribution in [3.63, 3.8) is 0 Å². The van der Waals surface area contributed by atoms with E-state index in [2.05, 4.69) is 22.5 Å². The van der Waals surface area contributed by atoms with Crippen LogP contribution in [0.2, 0.25) is 0 Å². The second kappa shape index (κ2) is 8.99. The molecule has 0 radical (unpaired) electrons. The third-order valence-corrected chi connectivity index (χ3v) is 4.45. The lowest BCUT2D eigenvalue weighted by atomic mass is 9.84. The maximum atomic E-state index is 14.0. The van der Waals surface area contributed by atoms with Gasteiger partial charge in [0.15, 0.2) is 5.96 Å². The molecule has 6 heteroatoms. The van der Waals surface area contributed by atoms with Crippen LogP contribution < -0.4 is 10.6 Å². The molecule has 1 aromatic carbocycles. The highest BCUT2D eigenvalue weighted by Gasteiger charge is 2.30. The van der Waals surface area contributed by atoms with Crippen LogP contribution in [0, 0.1) is 5.82 Å². The van der Waals surface area contributed by atoms with Gasteiger partial charge in [-0.2, -0.15) is 0 Å². The van der Waals surface area contributed by atoms with Gasteiger partial charge in [-0.05, 0) is 31.4 Å². The van der Waals surface area contributed by atoms with E-state index < -0.39 is 0 Å². The predicted octanol–water partition coefficient (Wildman–Crippen LogP) is 3.46. The quantitative estimate of drug-likeness (QED) is 0.411. The average Bonchev–Trinajstić information content (AvgIpc) is 2.95. The van der Waals surface area contributed by atoms with E-state index in [1.165, 1.54) is 6.07 Å². The molecule has 1 unspecified atom stereocenters. The van der Waals surface area contributed by atoms with Crippen molar-refractivity contribution in [1.82, 2.24) is 10.6 Å². The van der Waals surface area contributed by atoms with Crippen LogP contribution in [0.15, 0.2) is 29.3 Å². The minimum atomic E-state index is -0.337. The van der Waals surface area contributed by atoms with Gasteiger partial charge < -0.3 is 15.4 Å². The molecule has 1 aromatic rings. The number of hydrogen-bond acceptors (Lipinski definition) is 2. The first-order chi connectivity index (χ1) is 10.9. The van der Waals surface area contributed by atoms with Gasteiger partial charge in [0, 0.05) is 32.2 Å². The number of ether oxygens (including phenoxy) is 1. The Bertz CT molecular complexity index is 557. The summed E-state index contributed by atoms with van der Waals surface area (Å²) in [6.07, 6.45) is 2.15. The number of rotatable bonds is 5. The van der Waals surface area contributed by atoms with Crippen LogP contribution in [-0.2, 0) is 10.2 Å². The van der Waals surface area contributed by atoms with E-state index in [1.54, 1.807) is 13.1 Å². The van der Waals surface area contributed by atoms with Crippen molar-refractivity contribution in [2.45, 2.75) is 44.6 Å². The van der Waals surface area contributed by atoms with Crippen molar-refractivity contribution in [3.05, 3.63) is 35.6 Å². The minimum Gasteiger partial charge on any atom is -0.373 e. The summed E-state index contributed by atoms with van der Waals surface area (Å²) in [5.41, 5.74) is 0.240. The molecule has 0 aromatic heterocycles. The van der Waals surface area contributed by atoms with Crippen molar-refractivity contribution in [3.8, 4) is 0 Å². The molecular weight excluding hydrogens is 420 g/mol. The van der Waals surface area contributed by atoms with Crippen LogP contribution in [0.5, 0.6) is 0 Å². The molecule has 0 spiro atoms. The van der Waals surface area contributed by atoms with Gasteiger partial charge in [-0.3, -0.25) is 4.99 Å². The lowest BCUT2D eigenvalue weighted by molar-refractivity contribution is 0.0242. The fourth-order valence-corrected chi connectivity index (χ4v) is 2.88. The fraction of sp³-hybridized carbons (Fsp3) is 0.611. The van der Waals surface area contributed by atoms with E-state index >= 15 is 0 Å². The largest absolute Gasteiger partial charge is 0.373 e. The molecule has 4 nitrogen and oxygen atoms in total. The lowest BCUT2D eigenvalue weighted by Crippen LogP contribution is -2.48. The summed E-state index contributed by atoms with van der Waals surface area (Å²) in [5.74, 6) is 0.542. The van der Waals surface area contributed by atoms with Crippen LogP contribution in [-0.4, -0.2) is 38.3 Å². The van der Waals surface area contributed by atoms with Crippen molar-refractivity contribution in [2.75, 3.05) is 26.7 Å². The molecule has 1 aliphatic heterocycles. The first-order valence-corrected chi connectivity index (χ1v) is 8.20.